The number of aromatic nitrogens is 2. The van der Waals surface area contributed by atoms with Crippen molar-refractivity contribution < 1.29 is 14.3 Å². The normalized spacial score (nSPS) is 19.8. The number of hydrogen-bond donors (Lipinski definition) is 0. The summed E-state index contributed by atoms with van der Waals surface area (Å²) >= 11 is 1.87. The molecule has 2 aliphatic rings. The first-order valence-corrected chi connectivity index (χ1v) is 8.93. The Kier molecular flexibility index (Phi) is 4.25. The zero-order chi connectivity index (χ0) is 16.4. The minimum atomic E-state index is -0.0949. The summed E-state index contributed by atoms with van der Waals surface area (Å²) < 4.78 is 10.8. The molecule has 1 saturated heterocycles. The maximum Gasteiger partial charge on any atom is 0.291 e. The summed E-state index contributed by atoms with van der Waals surface area (Å²) in [5.41, 5.74) is 1.22. The molecule has 0 aliphatic carbocycles. The Balaban J connectivity index is 1.46. The van der Waals surface area contributed by atoms with Gasteiger partial charge < -0.3 is 14.4 Å². The van der Waals surface area contributed by atoms with Crippen molar-refractivity contribution in [3.05, 3.63) is 48.0 Å². The first kappa shape index (κ1) is 15.3. The monoisotopic (exact) mass is 343 g/mol. The first-order chi connectivity index (χ1) is 11.8. The highest BCUT2D eigenvalue weighted by atomic mass is 32.2. The van der Waals surface area contributed by atoms with Gasteiger partial charge in [0.05, 0.1) is 0 Å². The van der Waals surface area contributed by atoms with Gasteiger partial charge in [0.2, 0.25) is 12.6 Å². The molecule has 0 bridgehead atoms. The number of rotatable bonds is 2. The standard InChI is InChI=1S/C17H17N3O3S/c21-17(16-18-5-1-6-19-16)20-7-4-15(24-9-8-20)12-2-3-13-14(10-12)23-11-22-13/h1-3,5-6,10,15H,4,7-9,11H2. The first-order valence-electron chi connectivity index (χ1n) is 7.89. The van der Waals surface area contributed by atoms with Gasteiger partial charge in [0.25, 0.3) is 5.91 Å². The van der Waals surface area contributed by atoms with Crippen molar-refractivity contribution in [1.82, 2.24) is 14.9 Å². The topological polar surface area (TPSA) is 64.6 Å². The third kappa shape index (κ3) is 3.03. The van der Waals surface area contributed by atoms with Crippen LogP contribution in [-0.2, 0) is 0 Å². The molecule has 0 saturated carbocycles. The van der Waals surface area contributed by atoms with E-state index in [1.165, 1.54) is 5.56 Å². The van der Waals surface area contributed by atoms with Gasteiger partial charge in [-0.15, -0.1) is 0 Å². The van der Waals surface area contributed by atoms with Crippen molar-refractivity contribution in [2.45, 2.75) is 11.7 Å². The minimum Gasteiger partial charge on any atom is -0.454 e. The van der Waals surface area contributed by atoms with Crippen molar-refractivity contribution in [2.75, 3.05) is 25.6 Å². The van der Waals surface area contributed by atoms with E-state index in [0.29, 0.717) is 18.3 Å². The second kappa shape index (κ2) is 6.68. The van der Waals surface area contributed by atoms with Crippen molar-refractivity contribution in [2.24, 2.45) is 0 Å². The second-order valence-electron chi connectivity index (χ2n) is 5.63. The van der Waals surface area contributed by atoms with Crippen molar-refractivity contribution in [3.8, 4) is 11.5 Å². The van der Waals surface area contributed by atoms with Crippen LogP contribution >= 0.6 is 11.8 Å². The summed E-state index contributed by atoms with van der Waals surface area (Å²) in [7, 11) is 0. The van der Waals surface area contributed by atoms with Crippen molar-refractivity contribution in [3.63, 3.8) is 0 Å². The summed E-state index contributed by atoms with van der Waals surface area (Å²) in [6.45, 7) is 1.70. The predicted molar refractivity (Wildman–Crippen MR) is 90.3 cm³/mol. The van der Waals surface area contributed by atoms with E-state index >= 15 is 0 Å². The molecule has 1 unspecified atom stereocenters. The van der Waals surface area contributed by atoms with Gasteiger partial charge in [-0.1, -0.05) is 6.07 Å². The number of amides is 1. The molecule has 2 aliphatic heterocycles. The van der Waals surface area contributed by atoms with Crippen LogP contribution in [0.15, 0.2) is 36.7 Å². The van der Waals surface area contributed by atoms with Gasteiger partial charge in [0.15, 0.2) is 11.5 Å². The van der Waals surface area contributed by atoms with Crippen LogP contribution in [0.5, 0.6) is 11.5 Å². The fraction of sp³-hybridized carbons (Fsp3) is 0.353. The lowest BCUT2D eigenvalue weighted by atomic mass is 10.1. The van der Waals surface area contributed by atoms with Crippen LogP contribution in [0.3, 0.4) is 0 Å². The van der Waals surface area contributed by atoms with Gasteiger partial charge >= 0.3 is 0 Å². The lowest BCUT2D eigenvalue weighted by molar-refractivity contribution is 0.0754. The van der Waals surface area contributed by atoms with Gasteiger partial charge in [0, 0.05) is 36.5 Å². The smallest absolute Gasteiger partial charge is 0.291 e. The quantitative estimate of drug-likeness (QED) is 0.835. The molecule has 1 aromatic carbocycles. The maximum absolute atomic E-state index is 12.5. The molecular formula is C17H17N3O3S. The van der Waals surface area contributed by atoms with E-state index in [0.717, 1.165) is 23.7 Å². The fourth-order valence-electron chi connectivity index (χ4n) is 2.90. The summed E-state index contributed by atoms with van der Waals surface area (Å²) in [5, 5.41) is 0.342. The number of carbonyl (C=O) groups is 1. The summed E-state index contributed by atoms with van der Waals surface area (Å²) in [6.07, 6.45) is 4.09. The highest BCUT2D eigenvalue weighted by Crippen LogP contribution is 2.40. The van der Waals surface area contributed by atoms with E-state index in [1.807, 2.05) is 22.7 Å². The third-order valence-corrected chi connectivity index (χ3v) is 5.48. The predicted octanol–water partition coefficient (Wildman–Crippen LogP) is 2.53. The van der Waals surface area contributed by atoms with E-state index in [-0.39, 0.29) is 18.5 Å². The Morgan fingerprint density at radius 3 is 2.88 bits per heavy atom. The molecule has 1 aromatic heterocycles. The van der Waals surface area contributed by atoms with Crippen molar-refractivity contribution in [1.29, 1.82) is 0 Å². The van der Waals surface area contributed by atoms with Crippen LogP contribution in [-0.4, -0.2) is 46.4 Å². The number of ether oxygens (including phenoxy) is 2. The lowest BCUT2D eigenvalue weighted by Gasteiger charge is -2.19. The average molecular weight is 343 g/mol. The Morgan fingerprint density at radius 1 is 1.17 bits per heavy atom. The average Bonchev–Trinajstić information content (AvgIpc) is 2.96. The zero-order valence-corrected chi connectivity index (χ0v) is 13.9. The molecule has 2 aromatic rings. The Morgan fingerprint density at radius 2 is 2.00 bits per heavy atom. The number of fused-ring (bicyclic) bond motifs is 1. The molecule has 24 heavy (non-hydrogen) atoms. The van der Waals surface area contributed by atoms with Crippen LogP contribution in [0.4, 0.5) is 0 Å². The Bertz CT molecular complexity index is 741. The second-order valence-corrected chi connectivity index (χ2v) is 6.94. The third-order valence-electron chi connectivity index (χ3n) is 4.15. The maximum atomic E-state index is 12.5. The Labute approximate surface area is 144 Å². The number of benzene rings is 1. The summed E-state index contributed by atoms with van der Waals surface area (Å²) in [6, 6.07) is 7.81. The molecule has 1 amide bonds. The molecule has 4 rings (SSSR count). The summed E-state index contributed by atoms with van der Waals surface area (Å²) in [5.74, 6) is 2.67. The molecule has 1 atom stereocenters. The number of carbonyl (C=O) groups excluding carboxylic acids is 1. The Hall–Kier alpha value is -2.28. The highest BCUT2D eigenvalue weighted by molar-refractivity contribution is 7.99. The van der Waals surface area contributed by atoms with Crippen LogP contribution in [0.25, 0.3) is 0 Å². The minimum absolute atomic E-state index is 0.0949. The van der Waals surface area contributed by atoms with Crippen LogP contribution in [0, 0.1) is 0 Å². The zero-order valence-electron chi connectivity index (χ0n) is 13.1. The van der Waals surface area contributed by atoms with Crippen LogP contribution < -0.4 is 9.47 Å². The van der Waals surface area contributed by atoms with Gasteiger partial charge in [-0.05, 0) is 30.2 Å². The van der Waals surface area contributed by atoms with Crippen molar-refractivity contribution >= 4 is 17.7 Å². The number of nitrogens with zero attached hydrogens (tertiary/aromatic N) is 3. The van der Waals surface area contributed by atoms with E-state index in [9.17, 15) is 4.79 Å². The molecule has 6 nitrogen and oxygen atoms in total. The molecule has 3 heterocycles. The molecule has 0 N–H and O–H groups in total. The molecule has 7 heteroatoms. The van der Waals surface area contributed by atoms with Gasteiger partial charge in [-0.25, -0.2) is 9.97 Å². The van der Waals surface area contributed by atoms with Crippen LogP contribution in [0.2, 0.25) is 0 Å². The van der Waals surface area contributed by atoms with E-state index in [1.54, 1.807) is 18.5 Å². The van der Waals surface area contributed by atoms with Gasteiger partial charge in [-0.3, -0.25) is 4.79 Å². The molecule has 124 valence electrons. The highest BCUT2D eigenvalue weighted by Gasteiger charge is 2.25. The molecule has 1 fully saturated rings. The molecule has 0 spiro atoms. The van der Waals surface area contributed by atoms with E-state index < -0.39 is 0 Å². The van der Waals surface area contributed by atoms with Crippen LogP contribution in [0.1, 0.15) is 27.9 Å². The SMILES string of the molecule is O=C(c1ncccn1)N1CCSC(c2ccc3c(c2)OCO3)CC1. The number of thioether (sulfide) groups is 1. The largest absolute Gasteiger partial charge is 0.454 e. The van der Waals surface area contributed by atoms with E-state index in [2.05, 4.69) is 22.1 Å². The van der Waals surface area contributed by atoms with Gasteiger partial charge in [0.1, 0.15) is 0 Å². The lowest BCUT2D eigenvalue weighted by Crippen LogP contribution is -2.34. The summed E-state index contributed by atoms with van der Waals surface area (Å²) in [4.78, 5) is 22.5. The fourth-order valence-corrected chi connectivity index (χ4v) is 4.13. The number of hydrogen-bond acceptors (Lipinski definition) is 6. The molecule has 0 radical (unpaired) electrons. The van der Waals surface area contributed by atoms with Gasteiger partial charge in [-0.2, -0.15) is 11.8 Å². The molecular weight excluding hydrogens is 326 g/mol. The van der Waals surface area contributed by atoms with E-state index in [4.69, 9.17) is 9.47 Å².